The van der Waals surface area contributed by atoms with Gasteiger partial charge in [0.15, 0.2) is 0 Å². The van der Waals surface area contributed by atoms with Crippen molar-refractivity contribution in [3.05, 3.63) is 95.6 Å². The SMILES string of the molecule is CC(C)C[C@H](C(=O)N[C@@H](Cc1ccc(OCc2ccccc2)cc1)C(=O)NC(C)(C)C)N(C)Cc1ccc(O)cc1. The van der Waals surface area contributed by atoms with Gasteiger partial charge in [-0.3, -0.25) is 14.5 Å². The number of phenolic OH excluding ortho intramolecular Hbond substituents is 1. The van der Waals surface area contributed by atoms with Gasteiger partial charge >= 0.3 is 0 Å². The lowest BCUT2D eigenvalue weighted by atomic mass is 9.99. The molecule has 0 spiro atoms. The molecule has 0 aliphatic carbocycles. The van der Waals surface area contributed by atoms with E-state index in [1.54, 1.807) is 12.1 Å². The van der Waals surface area contributed by atoms with Gasteiger partial charge in [-0.25, -0.2) is 0 Å². The van der Waals surface area contributed by atoms with Crippen molar-refractivity contribution < 1.29 is 19.4 Å². The maximum absolute atomic E-state index is 13.7. The molecule has 220 valence electrons. The van der Waals surface area contributed by atoms with Crippen LogP contribution in [0.15, 0.2) is 78.9 Å². The van der Waals surface area contributed by atoms with Gasteiger partial charge in [-0.15, -0.1) is 0 Å². The second kappa shape index (κ2) is 14.7. The molecule has 0 bridgehead atoms. The molecule has 41 heavy (non-hydrogen) atoms. The monoisotopic (exact) mass is 559 g/mol. The van der Waals surface area contributed by atoms with Crippen LogP contribution in [0.1, 0.15) is 57.7 Å². The summed E-state index contributed by atoms with van der Waals surface area (Å²) >= 11 is 0. The average Bonchev–Trinajstić information content (AvgIpc) is 2.91. The van der Waals surface area contributed by atoms with E-state index in [0.29, 0.717) is 26.0 Å². The highest BCUT2D eigenvalue weighted by Gasteiger charge is 2.30. The fourth-order valence-electron chi connectivity index (χ4n) is 4.57. The Hall–Kier alpha value is -3.84. The fraction of sp³-hybridized carbons (Fsp3) is 0.412. The second-order valence-corrected chi connectivity index (χ2v) is 12.1. The number of likely N-dealkylation sites (N-methyl/N-ethyl adjacent to an activating group) is 1. The zero-order chi connectivity index (χ0) is 30.0. The Labute approximate surface area is 244 Å². The van der Waals surface area contributed by atoms with E-state index in [4.69, 9.17) is 4.74 Å². The summed E-state index contributed by atoms with van der Waals surface area (Å²) in [5, 5.41) is 15.7. The highest BCUT2D eigenvalue weighted by Crippen LogP contribution is 2.18. The number of rotatable bonds is 13. The Morgan fingerprint density at radius 1 is 0.854 bits per heavy atom. The molecule has 0 heterocycles. The van der Waals surface area contributed by atoms with Gasteiger partial charge in [-0.2, -0.15) is 0 Å². The molecule has 2 atom stereocenters. The highest BCUT2D eigenvalue weighted by molar-refractivity contribution is 5.90. The van der Waals surface area contributed by atoms with Gasteiger partial charge in [0.05, 0.1) is 6.04 Å². The minimum Gasteiger partial charge on any atom is -0.508 e. The number of hydrogen-bond donors (Lipinski definition) is 3. The van der Waals surface area contributed by atoms with Gasteiger partial charge < -0.3 is 20.5 Å². The largest absolute Gasteiger partial charge is 0.508 e. The van der Waals surface area contributed by atoms with Crippen molar-refractivity contribution in [3.8, 4) is 11.5 Å². The van der Waals surface area contributed by atoms with E-state index in [2.05, 4.69) is 24.5 Å². The molecule has 3 rings (SSSR count). The summed E-state index contributed by atoms with van der Waals surface area (Å²) in [6.45, 7) is 11.0. The molecule has 2 amide bonds. The van der Waals surface area contributed by atoms with Crippen molar-refractivity contribution in [2.24, 2.45) is 5.92 Å². The molecule has 0 radical (unpaired) electrons. The van der Waals surface area contributed by atoms with E-state index < -0.39 is 17.6 Å². The number of nitrogens with zero attached hydrogens (tertiary/aromatic N) is 1. The van der Waals surface area contributed by atoms with Crippen molar-refractivity contribution in [3.63, 3.8) is 0 Å². The molecule has 0 saturated heterocycles. The molecule has 0 aliphatic rings. The van der Waals surface area contributed by atoms with Gasteiger partial charge in [0.2, 0.25) is 11.8 Å². The molecule has 7 nitrogen and oxygen atoms in total. The first kappa shape index (κ1) is 31.7. The minimum atomic E-state index is -0.741. The molecule has 0 saturated carbocycles. The van der Waals surface area contributed by atoms with E-state index >= 15 is 0 Å². The first-order valence-corrected chi connectivity index (χ1v) is 14.3. The van der Waals surface area contributed by atoms with Crippen molar-refractivity contribution >= 4 is 11.8 Å². The molecular formula is C34H45N3O4. The maximum Gasteiger partial charge on any atom is 0.243 e. The number of benzene rings is 3. The van der Waals surface area contributed by atoms with Crippen LogP contribution in [0.2, 0.25) is 0 Å². The smallest absolute Gasteiger partial charge is 0.243 e. The van der Waals surface area contributed by atoms with Crippen LogP contribution < -0.4 is 15.4 Å². The number of aromatic hydroxyl groups is 1. The highest BCUT2D eigenvalue weighted by atomic mass is 16.5. The van der Waals surface area contributed by atoms with E-state index in [-0.39, 0.29) is 23.5 Å². The Kier molecular flexibility index (Phi) is 11.4. The van der Waals surface area contributed by atoms with Gasteiger partial charge in [-0.1, -0.05) is 68.4 Å². The van der Waals surface area contributed by atoms with Crippen LogP contribution in [-0.2, 0) is 29.2 Å². The summed E-state index contributed by atoms with van der Waals surface area (Å²) in [7, 11) is 1.91. The predicted molar refractivity (Wildman–Crippen MR) is 164 cm³/mol. The lowest BCUT2D eigenvalue weighted by Gasteiger charge is -2.31. The first-order chi connectivity index (χ1) is 19.4. The number of carbonyl (C=O) groups excluding carboxylic acids is 2. The zero-order valence-electron chi connectivity index (χ0n) is 25.2. The minimum absolute atomic E-state index is 0.183. The third-order valence-corrected chi connectivity index (χ3v) is 6.64. The third-order valence-electron chi connectivity index (χ3n) is 6.64. The summed E-state index contributed by atoms with van der Waals surface area (Å²) in [6, 6.07) is 23.5. The number of amides is 2. The number of phenols is 1. The topological polar surface area (TPSA) is 90.9 Å². The number of nitrogens with one attached hydrogen (secondary N) is 2. The fourth-order valence-corrected chi connectivity index (χ4v) is 4.57. The Balaban J connectivity index is 1.73. The third kappa shape index (κ3) is 10.9. The molecule has 0 unspecified atom stereocenters. The Morgan fingerprint density at radius 2 is 1.46 bits per heavy atom. The molecular weight excluding hydrogens is 514 g/mol. The number of carbonyl (C=O) groups is 2. The van der Waals surface area contributed by atoms with Crippen LogP contribution >= 0.6 is 0 Å². The standard InChI is InChI=1S/C34H45N3O4/c1-24(2)20-31(37(6)22-26-12-16-28(38)17-13-26)33(40)35-30(32(39)36-34(3,4)5)21-25-14-18-29(19-15-25)41-23-27-10-8-7-9-11-27/h7-19,24,30-31,38H,20-23H2,1-6H3,(H,35,40)(H,36,39)/t30-,31+/m0/s1. The first-order valence-electron chi connectivity index (χ1n) is 14.3. The van der Waals surface area contributed by atoms with E-state index in [0.717, 1.165) is 22.4 Å². The van der Waals surface area contributed by atoms with E-state index in [1.807, 2.05) is 99.4 Å². The van der Waals surface area contributed by atoms with Crippen molar-refractivity contribution in [1.82, 2.24) is 15.5 Å². The van der Waals surface area contributed by atoms with Gasteiger partial charge in [0.25, 0.3) is 0 Å². The average molecular weight is 560 g/mol. The summed E-state index contributed by atoms with van der Waals surface area (Å²) < 4.78 is 5.91. The zero-order valence-corrected chi connectivity index (χ0v) is 25.2. The number of ether oxygens (including phenoxy) is 1. The van der Waals surface area contributed by atoms with Crippen LogP contribution in [0.5, 0.6) is 11.5 Å². The van der Waals surface area contributed by atoms with Gasteiger partial charge in [0.1, 0.15) is 24.1 Å². The van der Waals surface area contributed by atoms with Crippen LogP contribution in [0.3, 0.4) is 0 Å². The molecule has 7 heteroatoms. The summed E-state index contributed by atoms with van der Waals surface area (Å²) in [6.07, 6.45) is 0.990. The van der Waals surface area contributed by atoms with Gasteiger partial charge in [0, 0.05) is 18.5 Å². The van der Waals surface area contributed by atoms with E-state index in [1.165, 1.54) is 0 Å². The lowest BCUT2D eigenvalue weighted by Crippen LogP contribution is -2.56. The molecule has 0 fully saturated rings. The van der Waals surface area contributed by atoms with Crippen LogP contribution in [0, 0.1) is 5.92 Å². The Bertz CT molecular complexity index is 1240. The normalized spacial score (nSPS) is 13.1. The predicted octanol–water partition coefficient (Wildman–Crippen LogP) is 5.46. The van der Waals surface area contributed by atoms with Crippen molar-refractivity contribution in [2.45, 2.75) is 78.2 Å². The van der Waals surface area contributed by atoms with E-state index in [9.17, 15) is 14.7 Å². The summed E-state index contributed by atoms with van der Waals surface area (Å²) in [5.41, 5.74) is 2.56. The molecule has 0 aliphatic heterocycles. The van der Waals surface area contributed by atoms with Crippen LogP contribution in [0.25, 0.3) is 0 Å². The number of hydrogen-bond acceptors (Lipinski definition) is 5. The lowest BCUT2D eigenvalue weighted by molar-refractivity contribution is -0.132. The molecule has 3 aromatic rings. The quantitative estimate of drug-likeness (QED) is 0.259. The maximum atomic E-state index is 13.7. The summed E-state index contributed by atoms with van der Waals surface area (Å²) in [5.74, 6) is 0.816. The summed E-state index contributed by atoms with van der Waals surface area (Å²) in [4.78, 5) is 29.1. The Morgan fingerprint density at radius 3 is 2.05 bits per heavy atom. The van der Waals surface area contributed by atoms with Crippen molar-refractivity contribution in [2.75, 3.05) is 7.05 Å². The van der Waals surface area contributed by atoms with Crippen LogP contribution in [0.4, 0.5) is 0 Å². The van der Waals surface area contributed by atoms with Crippen LogP contribution in [-0.4, -0.2) is 46.5 Å². The molecule has 0 aromatic heterocycles. The second-order valence-electron chi connectivity index (χ2n) is 12.1. The van der Waals surface area contributed by atoms with Crippen molar-refractivity contribution in [1.29, 1.82) is 0 Å². The molecule has 3 N–H and O–H groups in total. The molecule has 3 aromatic carbocycles. The van der Waals surface area contributed by atoms with Gasteiger partial charge in [-0.05, 0) is 81.1 Å².